The van der Waals surface area contributed by atoms with E-state index in [2.05, 4.69) is 22.2 Å². The highest BCUT2D eigenvalue weighted by atomic mass is 16.7. The number of aliphatic carboxylic acids is 1. The molecule has 0 radical (unpaired) electrons. The number of carbonyl (C=O) groups excluding carboxylic acids is 3. The molecular formula is C40H62N4O14. The van der Waals surface area contributed by atoms with E-state index in [0.29, 0.717) is 31.6 Å². The van der Waals surface area contributed by atoms with E-state index in [9.17, 15) is 34.5 Å². The van der Waals surface area contributed by atoms with Gasteiger partial charge in [-0.3, -0.25) is 19.4 Å². The Kier molecular flexibility index (Phi) is 16.3. The quantitative estimate of drug-likeness (QED) is 0.0303. The van der Waals surface area contributed by atoms with Crippen molar-refractivity contribution in [1.82, 2.24) is 10.6 Å². The van der Waals surface area contributed by atoms with E-state index < -0.39 is 89.4 Å². The first-order chi connectivity index (χ1) is 27.3. The minimum atomic E-state index is -2.15. The average Bonchev–Trinajstić information content (AvgIpc) is 3.16. The molecule has 0 aliphatic carbocycles. The standard InChI is InChI=1S/C40H62N4O14/c1-22-20-40(53-8,57-24(3)23(22)2)33(47)35(48)44-36-32-31(54-21-55-36)34(52-7)38(5,6)29(56-32)19-26-13-11-17-39(51,58-26)28(45)15-9-10-16-30(46)43-27(37(49)50)14-12-18-42-25(4)41/h9-10,15-16,23-24,26-27,29,31-34,36,47,51H,1,11-14,17-21H2,2-8H3,(H2,41,42)(H,43,46)(H,44,48)(H,49,50)/b15-9+,16-10+/t23-,24-,26-,27+,29-,31+,32+,33-,34-,36+,39+,40-/m1/s1. The molecule has 7 N–H and O–H groups in total. The fourth-order valence-corrected chi connectivity index (χ4v) is 7.93. The smallest absolute Gasteiger partial charge is 0.326 e. The summed E-state index contributed by atoms with van der Waals surface area (Å²) in [5.74, 6) is -6.87. The van der Waals surface area contributed by atoms with Crippen molar-refractivity contribution in [2.75, 3.05) is 27.6 Å². The van der Waals surface area contributed by atoms with Crippen LogP contribution in [-0.4, -0.2) is 139 Å². The Labute approximate surface area is 339 Å². The van der Waals surface area contributed by atoms with Crippen molar-refractivity contribution in [3.63, 3.8) is 0 Å². The van der Waals surface area contributed by atoms with E-state index in [-0.39, 0.29) is 44.5 Å². The Morgan fingerprint density at radius 3 is 2.45 bits per heavy atom. The molecule has 4 rings (SSSR count). The Hall–Kier alpha value is -3.59. The van der Waals surface area contributed by atoms with Gasteiger partial charge in [0.1, 0.15) is 25.0 Å². The highest BCUT2D eigenvalue weighted by Crippen LogP contribution is 2.45. The van der Waals surface area contributed by atoms with Crippen LogP contribution >= 0.6 is 0 Å². The first-order valence-corrected chi connectivity index (χ1v) is 19.7. The minimum Gasteiger partial charge on any atom is -0.480 e. The van der Waals surface area contributed by atoms with Gasteiger partial charge in [0, 0.05) is 57.4 Å². The lowest BCUT2D eigenvalue weighted by molar-refractivity contribution is -0.335. The molecule has 4 aliphatic heterocycles. The normalized spacial score (nSPS) is 35.3. The number of aliphatic imine (C=N–C) groups is 1. The summed E-state index contributed by atoms with van der Waals surface area (Å²) in [5, 5.41) is 37.3. The third-order valence-corrected chi connectivity index (χ3v) is 11.6. The Bertz CT molecular complexity index is 1580. The number of ketones is 1. The summed E-state index contributed by atoms with van der Waals surface area (Å²) in [7, 11) is 2.90. The van der Waals surface area contributed by atoms with Crippen molar-refractivity contribution in [1.29, 1.82) is 0 Å². The lowest BCUT2D eigenvalue weighted by Gasteiger charge is -2.55. The maximum absolute atomic E-state index is 13.6. The van der Waals surface area contributed by atoms with Crippen LogP contribution in [-0.2, 0) is 52.3 Å². The van der Waals surface area contributed by atoms with Gasteiger partial charge in [-0.1, -0.05) is 45.1 Å². The number of nitrogens with one attached hydrogen (secondary N) is 2. The number of aliphatic hydroxyl groups excluding tert-OH is 1. The molecule has 0 aromatic heterocycles. The topological polar surface area (TPSA) is 256 Å². The first kappa shape index (κ1) is 47.1. The number of carbonyl (C=O) groups is 4. The van der Waals surface area contributed by atoms with E-state index in [0.717, 1.165) is 17.7 Å². The molecular weight excluding hydrogens is 760 g/mol. The van der Waals surface area contributed by atoms with Crippen LogP contribution in [0.3, 0.4) is 0 Å². The van der Waals surface area contributed by atoms with Gasteiger partial charge >= 0.3 is 5.97 Å². The zero-order valence-electron chi connectivity index (χ0n) is 34.5. The second-order valence-corrected chi connectivity index (χ2v) is 16.1. The molecule has 4 fully saturated rings. The number of aliphatic hydroxyl groups is 2. The molecule has 12 atom stereocenters. The van der Waals surface area contributed by atoms with Crippen molar-refractivity contribution in [2.45, 2.75) is 146 Å². The number of fused-ring (bicyclic) bond motifs is 1. The fraction of sp³-hybridized carbons (Fsp3) is 0.725. The molecule has 58 heavy (non-hydrogen) atoms. The SMILES string of the molecule is C=C1C[C@](OC)([C@H](O)C(=O)N[C@H]2OCO[C@H]3[C@@H]2O[C@H](C[C@H]2CCC[C@@](O)(C(=O)/C=C/C=C/C(=O)N[C@@H](CCCN=C(C)N)C(=O)O)O2)C(C)(C)[C@@H]3OC)O[C@H](C)[C@@H]1C. The van der Waals surface area contributed by atoms with Gasteiger partial charge in [-0.25, -0.2) is 4.79 Å². The monoisotopic (exact) mass is 822 g/mol. The molecule has 2 amide bonds. The average molecular weight is 823 g/mol. The number of amides is 2. The predicted octanol–water partition coefficient (Wildman–Crippen LogP) is 1.37. The number of rotatable bonds is 17. The zero-order chi connectivity index (χ0) is 43.0. The second-order valence-electron chi connectivity index (χ2n) is 16.1. The highest BCUT2D eigenvalue weighted by molar-refractivity contribution is 5.96. The van der Waals surface area contributed by atoms with Gasteiger partial charge < -0.3 is 64.8 Å². The van der Waals surface area contributed by atoms with Crippen molar-refractivity contribution >= 4 is 29.4 Å². The number of hydrogen-bond donors (Lipinski definition) is 6. The largest absolute Gasteiger partial charge is 0.480 e. The van der Waals surface area contributed by atoms with E-state index >= 15 is 0 Å². The summed E-state index contributed by atoms with van der Waals surface area (Å²) in [6.45, 7) is 13.5. The zero-order valence-corrected chi connectivity index (χ0v) is 34.5. The Morgan fingerprint density at radius 2 is 1.81 bits per heavy atom. The van der Waals surface area contributed by atoms with Gasteiger partial charge in [0.25, 0.3) is 5.91 Å². The van der Waals surface area contributed by atoms with Gasteiger partial charge in [-0.05, 0) is 45.6 Å². The van der Waals surface area contributed by atoms with Gasteiger partial charge in [-0.2, -0.15) is 0 Å². The summed E-state index contributed by atoms with van der Waals surface area (Å²) in [6.07, 6.45) is -0.0419. The molecule has 4 aliphatic rings. The van der Waals surface area contributed by atoms with Gasteiger partial charge in [-0.15, -0.1) is 0 Å². The van der Waals surface area contributed by atoms with Crippen molar-refractivity contribution in [2.24, 2.45) is 22.1 Å². The molecule has 0 bridgehead atoms. The number of hydrogen-bond acceptors (Lipinski definition) is 14. The van der Waals surface area contributed by atoms with Gasteiger partial charge in [0.2, 0.25) is 23.3 Å². The fourth-order valence-electron chi connectivity index (χ4n) is 7.93. The molecule has 0 saturated carbocycles. The number of allylic oxidation sites excluding steroid dienone is 2. The van der Waals surface area contributed by atoms with Crippen LogP contribution in [0.5, 0.6) is 0 Å². The molecule has 0 spiro atoms. The minimum absolute atomic E-state index is 0.00836. The van der Waals surface area contributed by atoms with E-state index in [1.54, 1.807) is 14.0 Å². The maximum atomic E-state index is 13.6. The summed E-state index contributed by atoms with van der Waals surface area (Å²) in [5.41, 5.74) is 5.57. The van der Waals surface area contributed by atoms with Crippen molar-refractivity contribution in [3.05, 3.63) is 36.5 Å². The number of carboxylic acids is 1. The maximum Gasteiger partial charge on any atom is 0.326 e. The predicted molar refractivity (Wildman–Crippen MR) is 208 cm³/mol. The van der Waals surface area contributed by atoms with Gasteiger partial charge in [0.05, 0.1) is 30.3 Å². The molecule has 326 valence electrons. The van der Waals surface area contributed by atoms with Crippen LogP contribution in [0.15, 0.2) is 41.4 Å². The Morgan fingerprint density at radius 1 is 1.10 bits per heavy atom. The Balaban J connectivity index is 1.40. The lowest BCUT2D eigenvalue weighted by atomic mass is 9.72. The molecule has 4 saturated heterocycles. The van der Waals surface area contributed by atoms with Gasteiger partial charge in [0.15, 0.2) is 12.3 Å². The first-order valence-electron chi connectivity index (χ1n) is 19.7. The molecule has 4 heterocycles. The highest BCUT2D eigenvalue weighted by Gasteiger charge is 2.58. The van der Waals surface area contributed by atoms with E-state index in [4.69, 9.17) is 38.9 Å². The van der Waals surface area contributed by atoms with Crippen molar-refractivity contribution in [3.8, 4) is 0 Å². The molecule has 0 aromatic carbocycles. The van der Waals surface area contributed by atoms with Crippen LogP contribution in [0.1, 0.15) is 79.6 Å². The van der Waals surface area contributed by atoms with E-state index in [1.807, 2.05) is 27.7 Å². The van der Waals surface area contributed by atoms with Crippen LogP contribution in [0.25, 0.3) is 0 Å². The summed E-state index contributed by atoms with van der Waals surface area (Å²) >= 11 is 0. The number of methoxy groups -OCH3 is 2. The number of amidine groups is 1. The lowest BCUT2D eigenvalue weighted by Crippen LogP contribution is -2.69. The van der Waals surface area contributed by atoms with Crippen LogP contribution in [0.2, 0.25) is 0 Å². The number of carboxylic acid groups (broad SMARTS) is 1. The van der Waals surface area contributed by atoms with Crippen LogP contribution < -0.4 is 16.4 Å². The second kappa shape index (κ2) is 20.1. The number of nitrogens with two attached hydrogens (primary N) is 1. The third-order valence-electron chi connectivity index (χ3n) is 11.6. The molecule has 0 aromatic rings. The van der Waals surface area contributed by atoms with Crippen LogP contribution in [0.4, 0.5) is 0 Å². The molecule has 0 unspecified atom stereocenters. The third kappa shape index (κ3) is 11.2. The molecule has 18 heteroatoms. The number of nitrogens with zero attached hydrogens (tertiary/aromatic N) is 1. The summed E-state index contributed by atoms with van der Waals surface area (Å²) in [6, 6.07) is -1.14. The number of ether oxygens (including phenoxy) is 7. The molecule has 18 nitrogen and oxygen atoms in total. The summed E-state index contributed by atoms with van der Waals surface area (Å²) < 4.78 is 42.1. The van der Waals surface area contributed by atoms with E-state index in [1.165, 1.54) is 19.3 Å². The summed E-state index contributed by atoms with van der Waals surface area (Å²) in [4.78, 5) is 54.8. The van der Waals surface area contributed by atoms with Crippen LogP contribution in [0, 0.1) is 11.3 Å². The van der Waals surface area contributed by atoms with Crippen molar-refractivity contribution < 1.29 is 67.7 Å².